The molecule has 25 heavy (non-hydrogen) atoms. The molecule has 0 N–H and O–H groups in total. The third kappa shape index (κ3) is 4.80. The highest BCUT2D eigenvalue weighted by molar-refractivity contribution is 5.80. The van der Waals surface area contributed by atoms with Crippen LogP contribution in [0.15, 0.2) is 24.3 Å². The lowest BCUT2D eigenvalue weighted by atomic mass is 9.88. The number of carbonyl (C=O) groups excluding carboxylic acids is 2. The summed E-state index contributed by atoms with van der Waals surface area (Å²) in [5, 5.41) is 0. The lowest BCUT2D eigenvalue weighted by Gasteiger charge is -2.28. The Bertz CT molecular complexity index is 596. The Hall–Kier alpha value is -1.91. The van der Waals surface area contributed by atoms with Crippen molar-refractivity contribution in [3.05, 3.63) is 35.6 Å². The summed E-state index contributed by atoms with van der Waals surface area (Å²) in [6.45, 7) is 2.66. The van der Waals surface area contributed by atoms with Gasteiger partial charge in [-0.2, -0.15) is 0 Å². The Morgan fingerprint density at radius 2 is 1.52 bits per heavy atom. The molecule has 1 aliphatic carbocycles. The van der Waals surface area contributed by atoms with Crippen LogP contribution in [-0.2, 0) is 16.0 Å². The first-order chi connectivity index (χ1) is 12.1. The second-order valence-electron chi connectivity index (χ2n) is 7.20. The van der Waals surface area contributed by atoms with Gasteiger partial charge in [-0.15, -0.1) is 0 Å². The molecule has 5 heteroatoms. The molecule has 2 amide bonds. The van der Waals surface area contributed by atoms with Gasteiger partial charge in [0, 0.05) is 32.1 Å². The van der Waals surface area contributed by atoms with Crippen LogP contribution in [0.25, 0.3) is 0 Å². The maximum Gasteiger partial charge on any atom is 0.227 e. The van der Waals surface area contributed by atoms with E-state index in [0.717, 1.165) is 44.2 Å². The third-order valence-electron chi connectivity index (χ3n) is 5.38. The summed E-state index contributed by atoms with van der Waals surface area (Å²) in [5.41, 5.74) is 0.825. The summed E-state index contributed by atoms with van der Waals surface area (Å²) in [6.07, 6.45) is 6.71. The van der Waals surface area contributed by atoms with E-state index < -0.39 is 0 Å². The highest BCUT2D eigenvalue weighted by Gasteiger charge is 2.28. The number of hydrogen-bond acceptors (Lipinski definition) is 2. The molecule has 0 spiro atoms. The van der Waals surface area contributed by atoms with Crippen molar-refractivity contribution >= 4 is 11.8 Å². The molecular formula is C20H27FN2O2. The molecular weight excluding hydrogens is 319 g/mol. The number of hydrogen-bond donors (Lipinski definition) is 0. The van der Waals surface area contributed by atoms with Crippen molar-refractivity contribution in [3.8, 4) is 0 Å². The fourth-order valence-corrected chi connectivity index (χ4v) is 3.88. The largest absolute Gasteiger partial charge is 0.341 e. The summed E-state index contributed by atoms with van der Waals surface area (Å²) >= 11 is 0. The van der Waals surface area contributed by atoms with Gasteiger partial charge in [0.05, 0.1) is 6.42 Å². The standard InChI is InChI=1S/C20H27FN2O2/c21-18-9-7-16(8-10-18)15-19(24)22-11-4-12-23(14-13-22)20(25)17-5-2-1-3-6-17/h7-10,17H,1-6,11-15H2. The van der Waals surface area contributed by atoms with E-state index >= 15 is 0 Å². The van der Waals surface area contributed by atoms with Crippen molar-refractivity contribution in [2.75, 3.05) is 26.2 Å². The first-order valence-electron chi connectivity index (χ1n) is 9.44. The average molecular weight is 346 g/mol. The van der Waals surface area contributed by atoms with Crippen molar-refractivity contribution in [1.29, 1.82) is 0 Å². The van der Waals surface area contributed by atoms with Crippen molar-refractivity contribution in [1.82, 2.24) is 9.80 Å². The lowest BCUT2D eigenvalue weighted by Crippen LogP contribution is -2.40. The second-order valence-corrected chi connectivity index (χ2v) is 7.20. The summed E-state index contributed by atoms with van der Waals surface area (Å²) in [4.78, 5) is 29.0. The molecule has 4 nitrogen and oxygen atoms in total. The Labute approximate surface area is 149 Å². The van der Waals surface area contributed by atoms with Crippen molar-refractivity contribution in [2.45, 2.75) is 44.9 Å². The predicted molar refractivity (Wildman–Crippen MR) is 94.5 cm³/mol. The lowest BCUT2D eigenvalue weighted by molar-refractivity contribution is -0.137. The Balaban J connectivity index is 1.52. The van der Waals surface area contributed by atoms with Crippen molar-refractivity contribution < 1.29 is 14.0 Å². The van der Waals surface area contributed by atoms with E-state index in [4.69, 9.17) is 0 Å². The molecule has 1 saturated heterocycles. The number of benzene rings is 1. The zero-order chi connectivity index (χ0) is 17.6. The Kier molecular flexibility index (Phi) is 6.05. The zero-order valence-corrected chi connectivity index (χ0v) is 14.8. The molecule has 136 valence electrons. The maximum atomic E-state index is 13.0. The molecule has 0 unspecified atom stereocenters. The molecule has 0 radical (unpaired) electrons. The molecule has 2 fully saturated rings. The summed E-state index contributed by atoms with van der Waals surface area (Å²) in [5.74, 6) is 0.240. The maximum absolute atomic E-state index is 13.0. The van der Waals surface area contributed by atoms with Gasteiger partial charge in [-0.25, -0.2) is 4.39 Å². The van der Waals surface area contributed by atoms with E-state index in [1.165, 1.54) is 18.6 Å². The topological polar surface area (TPSA) is 40.6 Å². The molecule has 0 aromatic heterocycles. The average Bonchev–Trinajstić information content (AvgIpc) is 2.90. The van der Waals surface area contributed by atoms with Crippen molar-refractivity contribution in [3.63, 3.8) is 0 Å². The van der Waals surface area contributed by atoms with E-state index in [0.29, 0.717) is 19.6 Å². The number of carbonyl (C=O) groups is 2. The van der Waals surface area contributed by atoms with E-state index in [-0.39, 0.29) is 30.0 Å². The summed E-state index contributed by atoms with van der Waals surface area (Å²) < 4.78 is 13.0. The molecule has 1 aromatic carbocycles. The normalized spacial score (nSPS) is 19.6. The first kappa shape index (κ1) is 17.9. The van der Waals surface area contributed by atoms with Crippen LogP contribution in [0.5, 0.6) is 0 Å². The van der Waals surface area contributed by atoms with Gasteiger partial charge < -0.3 is 9.80 Å². The number of amides is 2. The van der Waals surface area contributed by atoms with Gasteiger partial charge in [0.1, 0.15) is 5.82 Å². The van der Waals surface area contributed by atoms with Crippen LogP contribution in [0.4, 0.5) is 4.39 Å². The first-order valence-corrected chi connectivity index (χ1v) is 9.44. The molecule has 0 atom stereocenters. The van der Waals surface area contributed by atoms with Crippen LogP contribution >= 0.6 is 0 Å². The van der Waals surface area contributed by atoms with Crippen LogP contribution in [0.1, 0.15) is 44.1 Å². The minimum atomic E-state index is -0.289. The minimum Gasteiger partial charge on any atom is -0.341 e. The van der Waals surface area contributed by atoms with Gasteiger partial charge in [0.15, 0.2) is 0 Å². The van der Waals surface area contributed by atoms with Gasteiger partial charge in [0.2, 0.25) is 11.8 Å². The van der Waals surface area contributed by atoms with Crippen LogP contribution in [-0.4, -0.2) is 47.8 Å². The molecule has 1 heterocycles. The second kappa shape index (κ2) is 8.45. The van der Waals surface area contributed by atoms with Crippen LogP contribution in [0.3, 0.4) is 0 Å². The predicted octanol–water partition coefficient (Wildman–Crippen LogP) is 3.01. The fourth-order valence-electron chi connectivity index (χ4n) is 3.88. The van der Waals surface area contributed by atoms with Gasteiger partial charge in [-0.3, -0.25) is 9.59 Å². The van der Waals surface area contributed by atoms with Gasteiger partial charge in [-0.1, -0.05) is 31.4 Å². The van der Waals surface area contributed by atoms with Gasteiger partial charge in [0.25, 0.3) is 0 Å². The Morgan fingerprint density at radius 3 is 2.24 bits per heavy atom. The van der Waals surface area contributed by atoms with Crippen LogP contribution < -0.4 is 0 Å². The number of rotatable bonds is 3. The number of nitrogens with zero attached hydrogens (tertiary/aromatic N) is 2. The van der Waals surface area contributed by atoms with E-state index in [9.17, 15) is 14.0 Å². The SMILES string of the molecule is O=C(Cc1ccc(F)cc1)N1CCCN(C(=O)C2CCCCC2)CC1. The van der Waals surface area contributed by atoms with Crippen molar-refractivity contribution in [2.24, 2.45) is 5.92 Å². The minimum absolute atomic E-state index is 0.0542. The summed E-state index contributed by atoms with van der Waals surface area (Å²) in [6, 6.07) is 6.08. The van der Waals surface area contributed by atoms with E-state index in [2.05, 4.69) is 0 Å². The van der Waals surface area contributed by atoms with Gasteiger partial charge >= 0.3 is 0 Å². The zero-order valence-electron chi connectivity index (χ0n) is 14.8. The quantitative estimate of drug-likeness (QED) is 0.844. The third-order valence-corrected chi connectivity index (χ3v) is 5.38. The molecule has 0 bridgehead atoms. The van der Waals surface area contributed by atoms with Crippen LogP contribution in [0, 0.1) is 11.7 Å². The Morgan fingerprint density at radius 1 is 0.880 bits per heavy atom. The molecule has 2 aliphatic rings. The highest BCUT2D eigenvalue weighted by atomic mass is 19.1. The van der Waals surface area contributed by atoms with Crippen LogP contribution in [0.2, 0.25) is 0 Å². The highest BCUT2D eigenvalue weighted by Crippen LogP contribution is 2.25. The van der Waals surface area contributed by atoms with E-state index in [1.807, 2.05) is 9.80 Å². The smallest absolute Gasteiger partial charge is 0.227 e. The van der Waals surface area contributed by atoms with E-state index in [1.54, 1.807) is 12.1 Å². The molecule has 1 saturated carbocycles. The fraction of sp³-hybridized carbons (Fsp3) is 0.600. The molecule has 1 aromatic rings. The number of halogens is 1. The monoisotopic (exact) mass is 346 g/mol. The van der Waals surface area contributed by atoms with Gasteiger partial charge in [-0.05, 0) is 37.0 Å². The summed E-state index contributed by atoms with van der Waals surface area (Å²) in [7, 11) is 0. The molecule has 1 aliphatic heterocycles. The molecule has 3 rings (SSSR count).